The number of rotatable bonds is 3. The number of hydrogen-bond acceptors (Lipinski definition) is 5. The van der Waals surface area contributed by atoms with Gasteiger partial charge >= 0.3 is 0 Å². The third-order valence-corrected chi connectivity index (χ3v) is 6.59. The number of aromatic nitrogens is 6. The minimum Gasteiger partial charge on any atom is -0.336 e. The Morgan fingerprint density at radius 1 is 0.938 bits per heavy atom. The van der Waals surface area contributed by atoms with Gasteiger partial charge in [-0.25, -0.2) is 9.37 Å². The molecule has 2 N–H and O–H groups in total. The zero-order chi connectivity index (χ0) is 21.8. The highest BCUT2D eigenvalue weighted by Gasteiger charge is 2.19. The number of aromatic amines is 2. The van der Waals surface area contributed by atoms with Crippen LogP contribution in [0.5, 0.6) is 0 Å². The molecule has 0 amide bonds. The zero-order valence-corrected chi connectivity index (χ0v) is 18.1. The molecule has 0 atom stereocenters. The molecule has 0 aliphatic rings. The van der Waals surface area contributed by atoms with E-state index in [1.807, 2.05) is 25.1 Å². The molecule has 0 aliphatic heterocycles. The van der Waals surface area contributed by atoms with Crippen LogP contribution in [0.1, 0.15) is 10.4 Å². The largest absolute Gasteiger partial charge is 0.336 e. The highest BCUT2D eigenvalue weighted by Crippen LogP contribution is 2.35. The van der Waals surface area contributed by atoms with Crippen LogP contribution in [0.25, 0.3) is 55.2 Å². The Kier molecular flexibility index (Phi) is 4.16. The van der Waals surface area contributed by atoms with Crippen LogP contribution in [0.4, 0.5) is 4.39 Å². The number of thiophene rings is 1. The van der Waals surface area contributed by atoms with Gasteiger partial charge < -0.3 is 4.98 Å². The summed E-state index contributed by atoms with van der Waals surface area (Å²) in [5, 5.41) is 8.16. The average Bonchev–Trinajstić information content (AvgIpc) is 3.50. The van der Waals surface area contributed by atoms with Gasteiger partial charge in [-0.05, 0) is 49.7 Å². The molecule has 5 heterocycles. The molecule has 156 valence electrons. The minimum atomic E-state index is -0.326. The second-order valence-electron chi connectivity index (χ2n) is 7.69. The van der Waals surface area contributed by atoms with Gasteiger partial charge in [0.15, 0.2) is 5.82 Å². The fraction of sp³-hybridized carbons (Fsp3) is 0.0833. The lowest BCUT2D eigenvalue weighted by molar-refractivity contribution is 0.632. The molecule has 0 bridgehead atoms. The van der Waals surface area contributed by atoms with E-state index in [0.717, 1.165) is 38.1 Å². The van der Waals surface area contributed by atoms with E-state index in [1.54, 1.807) is 29.9 Å². The Morgan fingerprint density at radius 3 is 2.66 bits per heavy atom. The minimum absolute atomic E-state index is 0.326. The Hall–Kier alpha value is -3.91. The van der Waals surface area contributed by atoms with Crippen molar-refractivity contribution >= 4 is 33.3 Å². The van der Waals surface area contributed by atoms with Crippen LogP contribution in [0.15, 0.2) is 55.0 Å². The first-order chi connectivity index (χ1) is 15.6. The summed E-state index contributed by atoms with van der Waals surface area (Å²) in [5.74, 6) is 0.280. The second kappa shape index (κ2) is 7.06. The predicted molar refractivity (Wildman–Crippen MR) is 125 cm³/mol. The molecule has 0 aliphatic carbocycles. The van der Waals surface area contributed by atoms with E-state index in [0.29, 0.717) is 22.6 Å². The van der Waals surface area contributed by atoms with E-state index < -0.39 is 0 Å². The lowest BCUT2D eigenvalue weighted by Gasteiger charge is -2.07. The van der Waals surface area contributed by atoms with Crippen LogP contribution < -0.4 is 0 Å². The van der Waals surface area contributed by atoms with Crippen molar-refractivity contribution in [2.24, 2.45) is 0 Å². The van der Waals surface area contributed by atoms with Crippen LogP contribution in [0, 0.1) is 19.7 Å². The summed E-state index contributed by atoms with van der Waals surface area (Å²) in [6.07, 6.45) is 5.16. The number of fused-ring (bicyclic) bond motifs is 2. The van der Waals surface area contributed by atoms with Gasteiger partial charge in [0.05, 0.1) is 15.9 Å². The topological polar surface area (TPSA) is 83.1 Å². The maximum absolute atomic E-state index is 14.9. The SMILES string of the molecule is Cc1ccc(-c2nccc3[nH]c(-c4n[nH]c5cc(F)c(-c6cnccc6C)cc45)nc23)s1. The van der Waals surface area contributed by atoms with Gasteiger partial charge in [-0.15, -0.1) is 11.3 Å². The van der Waals surface area contributed by atoms with Gasteiger partial charge in [-0.2, -0.15) is 5.10 Å². The van der Waals surface area contributed by atoms with Crippen molar-refractivity contribution in [1.29, 1.82) is 0 Å². The van der Waals surface area contributed by atoms with Crippen LogP contribution in [0.2, 0.25) is 0 Å². The van der Waals surface area contributed by atoms with Gasteiger partial charge in [0.1, 0.15) is 22.7 Å². The van der Waals surface area contributed by atoms with Crippen molar-refractivity contribution in [2.45, 2.75) is 13.8 Å². The number of H-pyrrole nitrogens is 2. The van der Waals surface area contributed by atoms with Gasteiger partial charge in [0.2, 0.25) is 0 Å². The number of imidazole rings is 1. The maximum atomic E-state index is 14.9. The predicted octanol–water partition coefficient (Wildman–Crippen LogP) is 6.05. The summed E-state index contributed by atoms with van der Waals surface area (Å²) in [5.41, 5.74) is 5.92. The number of nitrogens with one attached hydrogen (secondary N) is 2. The van der Waals surface area contributed by atoms with E-state index >= 15 is 0 Å². The van der Waals surface area contributed by atoms with E-state index in [1.165, 1.54) is 10.9 Å². The van der Waals surface area contributed by atoms with Crippen molar-refractivity contribution in [3.05, 3.63) is 71.2 Å². The van der Waals surface area contributed by atoms with Crippen molar-refractivity contribution in [2.75, 3.05) is 0 Å². The molecule has 0 unspecified atom stereocenters. The van der Waals surface area contributed by atoms with Crippen LogP contribution in [0.3, 0.4) is 0 Å². The quantitative estimate of drug-likeness (QED) is 0.351. The number of benzene rings is 1. The molecule has 0 radical (unpaired) electrons. The Balaban J connectivity index is 1.54. The first kappa shape index (κ1) is 18.8. The Morgan fingerprint density at radius 2 is 1.84 bits per heavy atom. The fourth-order valence-electron chi connectivity index (χ4n) is 3.96. The van der Waals surface area contributed by atoms with Gasteiger partial charge in [-0.3, -0.25) is 15.1 Å². The normalized spacial score (nSPS) is 11.6. The highest BCUT2D eigenvalue weighted by molar-refractivity contribution is 7.15. The summed E-state index contributed by atoms with van der Waals surface area (Å²) in [7, 11) is 0. The molecule has 32 heavy (non-hydrogen) atoms. The first-order valence-electron chi connectivity index (χ1n) is 10.1. The molecule has 0 spiro atoms. The van der Waals surface area contributed by atoms with E-state index in [2.05, 4.69) is 44.2 Å². The monoisotopic (exact) mass is 440 g/mol. The summed E-state index contributed by atoms with van der Waals surface area (Å²) in [4.78, 5) is 19.2. The summed E-state index contributed by atoms with van der Waals surface area (Å²) < 4.78 is 14.9. The van der Waals surface area contributed by atoms with Crippen molar-refractivity contribution in [3.63, 3.8) is 0 Å². The second-order valence-corrected chi connectivity index (χ2v) is 8.98. The molecule has 8 heteroatoms. The van der Waals surface area contributed by atoms with Gasteiger partial charge in [0.25, 0.3) is 0 Å². The number of halogens is 1. The molecule has 0 saturated carbocycles. The van der Waals surface area contributed by atoms with Crippen molar-refractivity contribution < 1.29 is 4.39 Å². The number of nitrogens with zero attached hydrogens (tertiary/aromatic N) is 4. The van der Waals surface area contributed by atoms with Crippen molar-refractivity contribution in [1.82, 2.24) is 30.1 Å². The van der Waals surface area contributed by atoms with Crippen LogP contribution >= 0.6 is 11.3 Å². The molecule has 0 saturated heterocycles. The summed E-state index contributed by atoms with van der Waals surface area (Å²) in [6.45, 7) is 4.01. The maximum Gasteiger partial charge on any atom is 0.159 e. The lowest BCUT2D eigenvalue weighted by atomic mass is 10.0. The third-order valence-electron chi connectivity index (χ3n) is 5.58. The van der Waals surface area contributed by atoms with Crippen molar-refractivity contribution in [3.8, 4) is 33.2 Å². The van der Waals surface area contributed by atoms with Crippen LogP contribution in [-0.4, -0.2) is 30.1 Å². The average molecular weight is 441 g/mol. The van der Waals surface area contributed by atoms with E-state index in [4.69, 9.17) is 4.98 Å². The molecule has 6 aromatic rings. The van der Waals surface area contributed by atoms with E-state index in [-0.39, 0.29) is 5.82 Å². The third kappa shape index (κ3) is 2.91. The highest BCUT2D eigenvalue weighted by atomic mass is 32.1. The molecule has 0 fully saturated rings. The summed E-state index contributed by atoms with van der Waals surface area (Å²) >= 11 is 1.68. The number of aryl methyl sites for hydroxylation is 2. The van der Waals surface area contributed by atoms with Gasteiger partial charge in [0, 0.05) is 46.0 Å². The zero-order valence-electron chi connectivity index (χ0n) is 17.3. The Labute approximate surface area is 186 Å². The molecule has 5 aromatic heterocycles. The van der Waals surface area contributed by atoms with E-state index in [9.17, 15) is 4.39 Å². The fourth-order valence-corrected chi connectivity index (χ4v) is 4.83. The van der Waals surface area contributed by atoms with Gasteiger partial charge in [-0.1, -0.05) is 0 Å². The standard InChI is InChI=1S/C24H17FN6S/c1-12-5-7-26-11-16(12)14-9-15-19(10-17(14)25)30-31-21(15)24-28-18-6-8-27-23(22(18)29-24)20-4-3-13(2)32-20/h3-11H,1-2H3,(H,28,29)(H,30,31). The lowest BCUT2D eigenvalue weighted by Crippen LogP contribution is -1.90. The molecular weight excluding hydrogens is 423 g/mol. The molecular formula is C24H17FN6S. The Bertz CT molecular complexity index is 1630. The summed E-state index contributed by atoms with van der Waals surface area (Å²) in [6, 6.07) is 11.2. The number of hydrogen-bond donors (Lipinski definition) is 2. The van der Waals surface area contributed by atoms with Crippen LogP contribution in [-0.2, 0) is 0 Å². The molecule has 1 aromatic carbocycles. The molecule has 6 nitrogen and oxygen atoms in total. The smallest absolute Gasteiger partial charge is 0.159 e. The first-order valence-corrected chi connectivity index (χ1v) is 10.9. The number of pyridine rings is 2. The molecule has 6 rings (SSSR count).